The van der Waals surface area contributed by atoms with Crippen molar-refractivity contribution in [3.63, 3.8) is 0 Å². The molecule has 6 unspecified atom stereocenters. The van der Waals surface area contributed by atoms with Crippen LogP contribution in [0.25, 0.3) is 0 Å². The molecule has 12 nitrogen and oxygen atoms in total. The summed E-state index contributed by atoms with van der Waals surface area (Å²) >= 11 is 0. The highest BCUT2D eigenvalue weighted by Crippen LogP contribution is 2.26. The lowest BCUT2D eigenvalue weighted by molar-refractivity contribution is -0.301. The quantitative estimate of drug-likeness (QED) is 0.0210. The summed E-state index contributed by atoms with van der Waals surface area (Å²) in [5, 5.41) is 30.6. The SMILES string of the molecule is CC/C=C\C/C=C\C/C=C\C/C=C\C/C=C\CCCC(=O)OC(COCC/C=C\C/C=C\C/C=C\C/C=C\C/C=C\CC)COC1OC(CO)C(O)C(OS(=O)(=O)O)C1O. The molecule has 1 heterocycles. The van der Waals surface area contributed by atoms with E-state index in [1.165, 1.54) is 0 Å². The van der Waals surface area contributed by atoms with E-state index in [4.69, 9.17) is 23.5 Å². The average Bonchev–Trinajstić information content (AvgIpc) is 3.22. The number of aliphatic hydroxyl groups is 3. The van der Waals surface area contributed by atoms with Crippen molar-refractivity contribution in [3.05, 3.63) is 122 Å². The van der Waals surface area contributed by atoms with Crippen LogP contribution in [0.4, 0.5) is 0 Å². The second-order valence-corrected chi connectivity index (χ2v) is 14.9. The van der Waals surface area contributed by atoms with Gasteiger partial charge in [-0.15, -0.1) is 0 Å². The molecule has 13 heteroatoms. The Bertz CT molecular complexity index is 1510. The summed E-state index contributed by atoms with van der Waals surface area (Å²) in [5.41, 5.74) is 0. The fourth-order valence-corrected chi connectivity index (χ4v) is 5.98. The normalized spacial score (nSPS) is 21.5. The molecular weight excluding hydrogens is 789 g/mol. The maximum atomic E-state index is 12.8. The Morgan fingerprint density at radius 1 is 0.633 bits per heavy atom. The van der Waals surface area contributed by atoms with Gasteiger partial charge < -0.3 is 34.3 Å². The van der Waals surface area contributed by atoms with E-state index < -0.39 is 59.8 Å². The summed E-state index contributed by atoms with van der Waals surface area (Å²) < 4.78 is 58.8. The van der Waals surface area contributed by atoms with Gasteiger partial charge in [-0.1, -0.05) is 135 Å². The van der Waals surface area contributed by atoms with Crippen LogP contribution in [-0.2, 0) is 38.3 Å². The number of carbonyl (C=O) groups excluding carboxylic acids is 1. The molecule has 0 bridgehead atoms. The molecule has 0 aromatic rings. The van der Waals surface area contributed by atoms with Crippen LogP contribution >= 0.6 is 0 Å². The number of unbranched alkanes of at least 4 members (excludes halogenated alkanes) is 1. The van der Waals surface area contributed by atoms with Crippen LogP contribution in [-0.4, -0.2) is 97.5 Å². The van der Waals surface area contributed by atoms with Crippen LogP contribution in [0, 0.1) is 0 Å². The molecule has 1 saturated heterocycles. The number of hydrogen-bond acceptors (Lipinski definition) is 11. The first-order chi connectivity index (χ1) is 29.1. The molecule has 0 aromatic heterocycles. The summed E-state index contributed by atoms with van der Waals surface area (Å²) in [5.74, 6) is -0.487. The maximum Gasteiger partial charge on any atom is 0.397 e. The van der Waals surface area contributed by atoms with Crippen LogP contribution in [0.3, 0.4) is 0 Å². The first kappa shape index (κ1) is 54.5. The molecule has 338 valence electrons. The highest BCUT2D eigenvalue weighted by atomic mass is 32.3. The van der Waals surface area contributed by atoms with Gasteiger partial charge in [-0.25, -0.2) is 4.18 Å². The molecular formula is C47H72O12S. The van der Waals surface area contributed by atoms with Crippen molar-refractivity contribution < 1.29 is 56.2 Å². The fraction of sp³-hybridized carbons (Fsp3) is 0.553. The van der Waals surface area contributed by atoms with Gasteiger partial charge in [0.15, 0.2) is 6.29 Å². The van der Waals surface area contributed by atoms with E-state index in [2.05, 4.69) is 115 Å². The van der Waals surface area contributed by atoms with E-state index in [-0.39, 0.29) is 19.6 Å². The van der Waals surface area contributed by atoms with Gasteiger partial charge in [0, 0.05) is 6.42 Å². The molecule has 0 spiro atoms. The molecule has 0 radical (unpaired) electrons. The molecule has 0 saturated carbocycles. The number of rotatable bonds is 34. The van der Waals surface area contributed by atoms with Gasteiger partial charge in [0.05, 0.1) is 26.4 Å². The minimum absolute atomic E-state index is 0.0506. The lowest BCUT2D eigenvalue weighted by Crippen LogP contribution is -2.60. The largest absolute Gasteiger partial charge is 0.457 e. The molecule has 0 aromatic carbocycles. The van der Waals surface area contributed by atoms with E-state index in [1.807, 2.05) is 24.3 Å². The second-order valence-electron chi connectivity index (χ2n) is 13.8. The van der Waals surface area contributed by atoms with Crippen molar-refractivity contribution >= 4 is 16.4 Å². The lowest BCUT2D eigenvalue weighted by Gasteiger charge is -2.41. The van der Waals surface area contributed by atoms with Crippen molar-refractivity contribution in [2.75, 3.05) is 26.4 Å². The van der Waals surface area contributed by atoms with Crippen molar-refractivity contribution in [1.82, 2.24) is 0 Å². The van der Waals surface area contributed by atoms with Crippen LogP contribution in [0.1, 0.15) is 104 Å². The smallest absolute Gasteiger partial charge is 0.397 e. The van der Waals surface area contributed by atoms with Gasteiger partial charge in [0.2, 0.25) is 0 Å². The average molecular weight is 861 g/mol. The van der Waals surface area contributed by atoms with Crippen molar-refractivity contribution in [2.24, 2.45) is 0 Å². The Morgan fingerprint density at radius 2 is 1.07 bits per heavy atom. The third kappa shape index (κ3) is 30.5. The number of hydrogen-bond donors (Lipinski definition) is 4. The third-order valence-electron chi connectivity index (χ3n) is 8.60. The molecule has 1 aliphatic heterocycles. The topological polar surface area (TPSA) is 178 Å². The number of carbonyl (C=O) groups is 1. The van der Waals surface area contributed by atoms with Crippen LogP contribution in [0.15, 0.2) is 122 Å². The van der Waals surface area contributed by atoms with Gasteiger partial charge >= 0.3 is 16.4 Å². The molecule has 0 amide bonds. The summed E-state index contributed by atoms with van der Waals surface area (Å²) in [6, 6.07) is 0. The van der Waals surface area contributed by atoms with E-state index in [0.29, 0.717) is 25.9 Å². The van der Waals surface area contributed by atoms with Gasteiger partial charge in [0.1, 0.15) is 30.5 Å². The number of aliphatic hydroxyl groups excluding tert-OH is 3. The molecule has 1 rings (SSSR count). The van der Waals surface area contributed by atoms with Gasteiger partial charge in [-0.3, -0.25) is 9.35 Å². The standard InChI is InChI=1S/C47H72O12S/c1-3-5-7-9-11-13-15-17-19-21-22-24-26-28-30-32-34-36-43(49)57-41(40-56-47-45(51)46(59-60(52,53)54)44(50)42(38-48)58-47)39-55-37-35-33-31-29-27-25-23-20-18-16-14-12-10-8-6-4-2/h5-8,11-14,17-20,22,24-25,27-28,30-31,33,41-42,44-48,50-51H,3-4,9-10,15-16,21,23,26,29,32,34-40H2,1-2H3,(H,52,53,54)/b7-5-,8-6-,13-11-,14-12-,19-17-,20-18-,24-22-,27-25-,30-28-,33-31-. The monoisotopic (exact) mass is 860 g/mol. The molecule has 1 aliphatic rings. The minimum Gasteiger partial charge on any atom is -0.457 e. The molecule has 0 aliphatic carbocycles. The van der Waals surface area contributed by atoms with E-state index in [9.17, 15) is 28.5 Å². The number of ether oxygens (including phenoxy) is 4. The summed E-state index contributed by atoms with van der Waals surface area (Å²) in [6.07, 6.45) is 44.1. The minimum atomic E-state index is -5.09. The Balaban J connectivity index is 2.58. The molecule has 1 fully saturated rings. The summed E-state index contributed by atoms with van der Waals surface area (Å²) in [4.78, 5) is 12.8. The first-order valence-corrected chi connectivity index (χ1v) is 22.7. The van der Waals surface area contributed by atoms with Gasteiger partial charge in [-0.05, 0) is 83.5 Å². The zero-order valence-corrected chi connectivity index (χ0v) is 36.5. The zero-order valence-electron chi connectivity index (χ0n) is 35.7. The predicted molar refractivity (Wildman–Crippen MR) is 238 cm³/mol. The Hall–Kier alpha value is -3.50. The highest BCUT2D eigenvalue weighted by Gasteiger charge is 2.48. The van der Waals surface area contributed by atoms with Crippen molar-refractivity contribution in [3.8, 4) is 0 Å². The van der Waals surface area contributed by atoms with Crippen LogP contribution in [0.2, 0.25) is 0 Å². The second kappa shape index (κ2) is 37.3. The van der Waals surface area contributed by atoms with Crippen molar-refractivity contribution in [2.45, 2.75) is 141 Å². The zero-order chi connectivity index (χ0) is 43.9. The Morgan fingerprint density at radius 3 is 1.50 bits per heavy atom. The summed E-state index contributed by atoms with van der Waals surface area (Å²) in [7, 11) is -5.09. The van der Waals surface area contributed by atoms with Gasteiger partial charge in [0.25, 0.3) is 0 Å². The molecule has 60 heavy (non-hydrogen) atoms. The first-order valence-electron chi connectivity index (χ1n) is 21.3. The molecule has 6 atom stereocenters. The third-order valence-corrected chi connectivity index (χ3v) is 9.06. The lowest BCUT2D eigenvalue weighted by atomic mass is 9.99. The predicted octanol–water partition coefficient (Wildman–Crippen LogP) is 8.62. The highest BCUT2D eigenvalue weighted by molar-refractivity contribution is 7.80. The van der Waals surface area contributed by atoms with Gasteiger partial charge in [-0.2, -0.15) is 8.42 Å². The number of allylic oxidation sites excluding steroid dienone is 19. The summed E-state index contributed by atoms with van der Waals surface area (Å²) in [6.45, 7) is 3.42. The van der Waals surface area contributed by atoms with E-state index in [1.54, 1.807) is 0 Å². The van der Waals surface area contributed by atoms with E-state index in [0.717, 1.165) is 64.2 Å². The number of esters is 1. The fourth-order valence-electron chi connectivity index (χ4n) is 5.48. The van der Waals surface area contributed by atoms with Crippen LogP contribution in [0.5, 0.6) is 0 Å². The van der Waals surface area contributed by atoms with Crippen LogP contribution < -0.4 is 0 Å². The van der Waals surface area contributed by atoms with Crippen molar-refractivity contribution in [1.29, 1.82) is 0 Å². The Kier molecular flexibility index (Phi) is 33.9. The van der Waals surface area contributed by atoms with E-state index >= 15 is 0 Å². The Labute approximate surface area is 360 Å². The molecule has 4 N–H and O–H groups in total. The maximum absolute atomic E-state index is 12.8.